The van der Waals surface area contributed by atoms with Crippen molar-refractivity contribution in [3.63, 3.8) is 0 Å². The van der Waals surface area contributed by atoms with Crippen molar-refractivity contribution in [3.8, 4) is 6.01 Å². The molecule has 274 valence electrons. The first kappa shape index (κ1) is 38.6. The zero-order chi connectivity index (χ0) is 35.8. The fourth-order valence-electron chi connectivity index (χ4n) is 4.46. The summed E-state index contributed by atoms with van der Waals surface area (Å²) >= 11 is 0. The molecule has 0 spiro atoms. The van der Waals surface area contributed by atoms with Crippen LogP contribution in [-0.2, 0) is 58.9 Å². The lowest BCUT2D eigenvalue weighted by Crippen LogP contribution is -2.23. The second kappa shape index (κ2) is 19.8. The molecule has 0 radical (unpaired) electrons. The van der Waals surface area contributed by atoms with Crippen molar-refractivity contribution in [2.45, 2.75) is 32.5 Å². The normalized spacial score (nSPS) is 12.7. The third kappa shape index (κ3) is 13.2. The number of rotatable bonds is 24. The Kier molecular flexibility index (Phi) is 15.3. The Balaban J connectivity index is 1.10. The number of carbonyl (C=O) groups is 1. The molecule has 1 amide bonds. The highest BCUT2D eigenvalue weighted by Crippen LogP contribution is 2.35. The molecule has 0 fully saturated rings. The number of aryl methyl sites for hydroxylation is 1. The van der Waals surface area contributed by atoms with Crippen LogP contribution in [0.3, 0.4) is 0 Å². The Morgan fingerprint density at radius 1 is 0.980 bits per heavy atom. The molecule has 0 saturated carbocycles. The molecule has 0 aliphatic carbocycles. The lowest BCUT2D eigenvalue weighted by Gasteiger charge is -2.08. The van der Waals surface area contributed by atoms with Crippen LogP contribution in [-0.4, -0.2) is 119 Å². The first-order chi connectivity index (χ1) is 24.1. The fraction of sp³-hybridized carbons (Fsp3) is 0.533. The van der Waals surface area contributed by atoms with Gasteiger partial charge in [-0.05, 0) is 11.1 Å². The molecule has 1 unspecified atom stereocenters. The van der Waals surface area contributed by atoms with Gasteiger partial charge in [0.15, 0.2) is 11.5 Å². The molecule has 20 heteroatoms. The van der Waals surface area contributed by atoms with Gasteiger partial charge in [0, 0.05) is 39.4 Å². The second-order valence-electron chi connectivity index (χ2n) is 11.0. The number of nitrogens with two attached hydrogens (primary N) is 1. The van der Waals surface area contributed by atoms with Crippen molar-refractivity contribution in [3.05, 3.63) is 57.8 Å². The maximum Gasteiger partial charge on any atom is 0.328 e. The van der Waals surface area contributed by atoms with Crippen molar-refractivity contribution < 1.29 is 42.5 Å². The lowest BCUT2D eigenvalue weighted by molar-refractivity contribution is -0.121. The van der Waals surface area contributed by atoms with E-state index >= 15 is 0 Å². The molecule has 1 aromatic carbocycles. The van der Waals surface area contributed by atoms with Gasteiger partial charge in [0.2, 0.25) is 5.91 Å². The van der Waals surface area contributed by atoms with Crippen LogP contribution < -0.4 is 21.5 Å². The van der Waals surface area contributed by atoms with Crippen LogP contribution in [0.15, 0.2) is 35.3 Å². The van der Waals surface area contributed by atoms with Crippen LogP contribution >= 0.6 is 7.60 Å². The van der Waals surface area contributed by atoms with Gasteiger partial charge in [-0.25, -0.2) is 9.48 Å². The van der Waals surface area contributed by atoms with Gasteiger partial charge in [-0.2, -0.15) is 9.97 Å². The molecule has 4 aromatic rings. The van der Waals surface area contributed by atoms with Gasteiger partial charge in [-0.1, -0.05) is 29.5 Å². The molecule has 0 aliphatic heterocycles. The standard InChI is InChI=1S/C30H44N9O10P/c1-44-11-17-48-29-34-27(31)26-28(35-29)39(30(41)33-26)20-23-5-3-22(4-6-23)19-32-25(40)8-7-24-21-38(37-36-24)9-10-45-12-13-46-14-15-47-16-18-49-50(2,42)43/h3-6,21H,7-20H2,1-2H3,(H,32,40)(H,33,41)(H,42,43)(H2,31,34,35). The number of aromatic amines is 1. The average Bonchev–Trinajstić information content (AvgIpc) is 3.67. The number of hydrogen-bond donors (Lipinski definition) is 4. The number of nitrogen functional groups attached to an aromatic ring is 1. The molecule has 1 atom stereocenters. The van der Waals surface area contributed by atoms with Gasteiger partial charge in [0.05, 0.1) is 71.6 Å². The van der Waals surface area contributed by atoms with E-state index in [-0.39, 0.29) is 56.2 Å². The van der Waals surface area contributed by atoms with Gasteiger partial charge < -0.3 is 49.1 Å². The minimum Gasteiger partial charge on any atom is -0.461 e. The molecule has 0 saturated heterocycles. The number of imidazole rings is 1. The van der Waals surface area contributed by atoms with E-state index in [4.69, 9.17) is 38.8 Å². The smallest absolute Gasteiger partial charge is 0.328 e. The van der Waals surface area contributed by atoms with Crippen molar-refractivity contribution >= 4 is 30.5 Å². The number of H-pyrrole nitrogens is 1. The largest absolute Gasteiger partial charge is 0.461 e. The number of benzene rings is 1. The minimum absolute atomic E-state index is 0.0465. The summed E-state index contributed by atoms with van der Waals surface area (Å²) in [7, 11) is -1.92. The van der Waals surface area contributed by atoms with Crippen LogP contribution in [0.4, 0.5) is 5.82 Å². The first-order valence-electron chi connectivity index (χ1n) is 15.9. The van der Waals surface area contributed by atoms with E-state index in [0.29, 0.717) is 76.0 Å². The Morgan fingerprint density at radius 2 is 1.66 bits per heavy atom. The molecule has 3 aromatic heterocycles. The Bertz CT molecular complexity index is 1740. The zero-order valence-corrected chi connectivity index (χ0v) is 29.0. The molecule has 4 rings (SSSR count). The van der Waals surface area contributed by atoms with E-state index in [0.717, 1.165) is 17.8 Å². The summed E-state index contributed by atoms with van der Waals surface area (Å²) in [5.74, 6) is -0.00715. The van der Waals surface area contributed by atoms with Crippen molar-refractivity contribution in [1.82, 2.24) is 39.8 Å². The minimum atomic E-state index is -3.47. The molecule has 50 heavy (non-hydrogen) atoms. The number of amides is 1. The summed E-state index contributed by atoms with van der Waals surface area (Å²) in [5, 5.41) is 11.1. The number of anilines is 1. The molecule has 0 bridgehead atoms. The molecular weight excluding hydrogens is 677 g/mol. The molecule has 3 heterocycles. The number of carbonyl (C=O) groups excluding carboxylic acids is 1. The Hall–Kier alpha value is -4.23. The summed E-state index contributed by atoms with van der Waals surface area (Å²) in [4.78, 5) is 45.3. The summed E-state index contributed by atoms with van der Waals surface area (Å²) < 4.78 is 45.5. The van der Waals surface area contributed by atoms with Crippen molar-refractivity contribution in [2.24, 2.45) is 0 Å². The summed E-state index contributed by atoms with van der Waals surface area (Å²) in [6.45, 7) is 5.00. The number of ether oxygens (including phenoxy) is 5. The number of methoxy groups -OCH3 is 1. The number of aromatic nitrogens is 7. The molecule has 5 N–H and O–H groups in total. The number of fused-ring (bicyclic) bond motifs is 1. The SMILES string of the molecule is COCCOc1nc(N)c2[nH]c(=O)n(Cc3ccc(CNC(=O)CCc4cn(CCOCCOCCOCCOP(C)(=O)O)nn4)cc3)c2n1. The van der Waals surface area contributed by atoms with Crippen LogP contribution in [0.2, 0.25) is 0 Å². The van der Waals surface area contributed by atoms with E-state index in [2.05, 4.69) is 30.6 Å². The molecule has 19 nitrogen and oxygen atoms in total. The van der Waals surface area contributed by atoms with Gasteiger partial charge in [-0.3, -0.25) is 13.9 Å². The number of nitrogens with one attached hydrogen (secondary N) is 2. The van der Waals surface area contributed by atoms with Crippen LogP contribution in [0, 0.1) is 0 Å². The zero-order valence-electron chi connectivity index (χ0n) is 28.1. The van der Waals surface area contributed by atoms with E-state index in [1.165, 1.54) is 4.57 Å². The predicted molar refractivity (Wildman–Crippen MR) is 180 cm³/mol. The molecule has 0 aliphatic rings. The molecular formula is C30H44N9O10P. The number of nitrogens with zero attached hydrogens (tertiary/aromatic N) is 6. The third-order valence-corrected chi connectivity index (χ3v) is 7.63. The van der Waals surface area contributed by atoms with Crippen molar-refractivity contribution in [2.75, 3.05) is 79.0 Å². The van der Waals surface area contributed by atoms with Gasteiger partial charge in [0.1, 0.15) is 12.1 Å². The summed E-state index contributed by atoms with van der Waals surface area (Å²) in [6.07, 6.45) is 2.49. The van der Waals surface area contributed by atoms with Gasteiger partial charge in [0.25, 0.3) is 0 Å². The Morgan fingerprint density at radius 3 is 2.36 bits per heavy atom. The highest BCUT2D eigenvalue weighted by molar-refractivity contribution is 7.51. The topological polar surface area (TPSA) is 242 Å². The third-order valence-electron chi connectivity index (χ3n) is 6.96. The van der Waals surface area contributed by atoms with Gasteiger partial charge >= 0.3 is 19.3 Å². The first-order valence-corrected chi connectivity index (χ1v) is 17.9. The van der Waals surface area contributed by atoms with E-state index in [1.54, 1.807) is 18.0 Å². The highest BCUT2D eigenvalue weighted by atomic mass is 31.2. The van der Waals surface area contributed by atoms with E-state index < -0.39 is 7.60 Å². The van der Waals surface area contributed by atoms with Gasteiger partial charge in [-0.15, -0.1) is 5.10 Å². The number of hydrogen-bond acceptors (Lipinski definition) is 14. The maximum absolute atomic E-state index is 12.7. The average molecular weight is 722 g/mol. The highest BCUT2D eigenvalue weighted by Gasteiger charge is 2.15. The monoisotopic (exact) mass is 721 g/mol. The fourth-order valence-corrected chi connectivity index (χ4v) is 4.88. The Labute approximate surface area is 287 Å². The van der Waals surface area contributed by atoms with Crippen LogP contribution in [0.25, 0.3) is 11.2 Å². The second-order valence-corrected chi connectivity index (χ2v) is 12.9. The van der Waals surface area contributed by atoms with E-state index in [1.807, 2.05) is 24.3 Å². The summed E-state index contributed by atoms with van der Waals surface area (Å²) in [5.41, 5.74) is 8.77. The van der Waals surface area contributed by atoms with Crippen LogP contribution in [0.1, 0.15) is 23.2 Å². The van der Waals surface area contributed by atoms with Crippen molar-refractivity contribution in [1.29, 1.82) is 0 Å². The van der Waals surface area contributed by atoms with E-state index in [9.17, 15) is 14.2 Å². The lowest BCUT2D eigenvalue weighted by atomic mass is 10.1. The quantitative estimate of drug-likeness (QED) is 0.0569. The predicted octanol–water partition coefficient (Wildman–Crippen LogP) is 0.497. The van der Waals surface area contributed by atoms with Crippen LogP contribution in [0.5, 0.6) is 6.01 Å². The summed E-state index contributed by atoms with van der Waals surface area (Å²) in [6, 6.07) is 7.59. The maximum atomic E-state index is 12.7.